The molecule has 0 amide bonds. The van der Waals surface area contributed by atoms with E-state index in [0.717, 1.165) is 61.4 Å². The zero-order valence-corrected chi connectivity index (χ0v) is 16.0. The zero-order valence-electron chi connectivity index (χ0n) is 15.2. The maximum Gasteiger partial charge on any atom is 0.228 e. The lowest BCUT2D eigenvalue weighted by molar-refractivity contribution is 0.0994. The van der Waals surface area contributed by atoms with E-state index >= 15 is 0 Å². The monoisotopic (exact) mass is 372 g/mol. The predicted molar refractivity (Wildman–Crippen MR) is 102 cm³/mol. The summed E-state index contributed by atoms with van der Waals surface area (Å²) in [5.41, 5.74) is 1.91. The molecule has 1 unspecified atom stereocenters. The average Bonchev–Trinajstić information content (AvgIpc) is 3.42. The minimum Gasteiger partial charge on any atom is -0.378 e. The Bertz CT molecular complexity index is 779. The van der Waals surface area contributed by atoms with Gasteiger partial charge in [0.1, 0.15) is 0 Å². The molecule has 1 aliphatic heterocycles. The van der Waals surface area contributed by atoms with Crippen LogP contribution < -0.4 is 4.90 Å². The molecule has 0 spiro atoms. The Kier molecular flexibility index (Phi) is 5.00. The minimum absolute atomic E-state index is 0.133. The molecule has 0 radical (unpaired) electrons. The molecule has 138 valence electrons. The number of aryl methyl sites for hydroxylation is 1. The molecular weight excluding hydrogens is 348 g/mol. The molecule has 1 aliphatic carbocycles. The van der Waals surface area contributed by atoms with Crippen molar-refractivity contribution in [2.24, 2.45) is 0 Å². The number of anilines is 1. The van der Waals surface area contributed by atoms with Crippen LogP contribution in [0.1, 0.15) is 41.7 Å². The molecule has 2 aromatic rings. The molecule has 1 atom stereocenters. The van der Waals surface area contributed by atoms with E-state index in [1.807, 2.05) is 38.1 Å². The summed E-state index contributed by atoms with van der Waals surface area (Å²) in [4.78, 5) is 15.0. The van der Waals surface area contributed by atoms with Gasteiger partial charge in [-0.25, -0.2) is 0 Å². The van der Waals surface area contributed by atoms with E-state index in [0.29, 0.717) is 6.04 Å². The molecule has 0 bridgehead atoms. The zero-order chi connectivity index (χ0) is 18.1. The molecular formula is C19H24N4O2S. The Morgan fingerprint density at radius 3 is 2.54 bits per heavy atom. The first-order chi connectivity index (χ1) is 12.6. The fraction of sp³-hybridized carbons (Fsp3) is 0.526. The quantitative estimate of drug-likeness (QED) is 0.574. The van der Waals surface area contributed by atoms with Gasteiger partial charge in [-0.3, -0.25) is 9.36 Å². The highest BCUT2D eigenvalue weighted by Gasteiger charge is 2.33. The highest BCUT2D eigenvalue weighted by atomic mass is 32.2. The molecule has 4 rings (SSSR count). The van der Waals surface area contributed by atoms with E-state index in [9.17, 15) is 4.79 Å². The molecule has 6 nitrogen and oxygen atoms in total. The van der Waals surface area contributed by atoms with Crippen molar-refractivity contribution in [1.29, 1.82) is 0 Å². The highest BCUT2D eigenvalue weighted by molar-refractivity contribution is 8.00. The Morgan fingerprint density at radius 1 is 1.19 bits per heavy atom. The van der Waals surface area contributed by atoms with Crippen molar-refractivity contribution in [3.05, 3.63) is 35.4 Å². The average molecular weight is 372 g/mol. The minimum atomic E-state index is -0.197. The van der Waals surface area contributed by atoms with Gasteiger partial charge >= 0.3 is 0 Å². The van der Waals surface area contributed by atoms with Crippen LogP contribution in [0.4, 0.5) is 5.95 Å². The summed E-state index contributed by atoms with van der Waals surface area (Å²) in [6.07, 6.45) is 2.31. The molecule has 2 heterocycles. The Balaban J connectivity index is 1.53. The van der Waals surface area contributed by atoms with Crippen LogP contribution in [-0.2, 0) is 4.74 Å². The van der Waals surface area contributed by atoms with Gasteiger partial charge in [0.25, 0.3) is 0 Å². The van der Waals surface area contributed by atoms with Crippen LogP contribution in [-0.4, -0.2) is 52.1 Å². The van der Waals surface area contributed by atoms with Crippen LogP contribution in [0.15, 0.2) is 29.4 Å². The normalized spacial score (nSPS) is 18.8. The van der Waals surface area contributed by atoms with Gasteiger partial charge in [-0.05, 0) is 26.7 Å². The van der Waals surface area contributed by atoms with Crippen molar-refractivity contribution in [3.63, 3.8) is 0 Å². The summed E-state index contributed by atoms with van der Waals surface area (Å²) < 4.78 is 7.68. The standard InChI is InChI=1S/C19H24N4O2S/c1-13-3-5-15(6-4-13)17(24)14(2)26-19-21-20-18(23(19)16-7-8-16)22-9-11-25-12-10-22/h3-6,14,16H,7-12H2,1-2H3. The Hall–Kier alpha value is -1.86. The first-order valence-electron chi connectivity index (χ1n) is 9.18. The lowest BCUT2D eigenvalue weighted by Crippen LogP contribution is -2.38. The summed E-state index contributed by atoms with van der Waals surface area (Å²) in [6.45, 7) is 7.11. The predicted octanol–water partition coefficient (Wildman–Crippen LogP) is 3.12. The third kappa shape index (κ3) is 3.64. The smallest absolute Gasteiger partial charge is 0.228 e. The molecule has 2 aliphatic rings. The number of rotatable bonds is 6. The van der Waals surface area contributed by atoms with Crippen LogP contribution >= 0.6 is 11.8 Å². The van der Waals surface area contributed by atoms with Crippen LogP contribution in [0.3, 0.4) is 0 Å². The lowest BCUT2D eigenvalue weighted by atomic mass is 10.1. The van der Waals surface area contributed by atoms with Gasteiger partial charge < -0.3 is 9.64 Å². The number of aromatic nitrogens is 3. The van der Waals surface area contributed by atoms with Gasteiger partial charge in [0, 0.05) is 24.7 Å². The maximum absolute atomic E-state index is 12.8. The first kappa shape index (κ1) is 17.5. The second kappa shape index (κ2) is 7.40. The molecule has 1 aromatic heterocycles. The number of carbonyl (C=O) groups is 1. The van der Waals surface area contributed by atoms with E-state index < -0.39 is 0 Å². The van der Waals surface area contributed by atoms with Crippen molar-refractivity contribution in [2.75, 3.05) is 31.2 Å². The second-order valence-electron chi connectivity index (χ2n) is 6.97. The Labute approximate surface area is 157 Å². The number of ketones is 1. The van der Waals surface area contributed by atoms with Gasteiger partial charge in [-0.2, -0.15) is 0 Å². The summed E-state index contributed by atoms with van der Waals surface area (Å²) >= 11 is 1.51. The second-order valence-corrected chi connectivity index (χ2v) is 8.28. The van der Waals surface area contributed by atoms with Crippen LogP contribution in [0.2, 0.25) is 0 Å². The summed E-state index contributed by atoms with van der Waals surface area (Å²) in [7, 11) is 0. The number of benzene rings is 1. The van der Waals surface area contributed by atoms with Gasteiger partial charge in [0.05, 0.1) is 18.5 Å². The van der Waals surface area contributed by atoms with Crippen LogP contribution in [0.5, 0.6) is 0 Å². The molecule has 26 heavy (non-hydrogen) atoms. The van der Waals surface area contributed by atoms with Crippen molar-refractivity contribution in [2.45, 2.75) is 43.1 Å². The van der Waals surface area contributed by atoms with E-state index in [-0.39, 0.29) is 11.0 Å². The molecule has 7 heteroatoms. The van der Waals surface area contributed by atoms with Crippen molar-refractivity contribution in [1.82, 2.24) is 14.8 Å². The number of nitrogens with zero attached hydrogens (tertiary/aromatic N) is 4. The van der Waals surface area contributed by atoms with Crippen LogP contribution in [0.25, 0.3) is 0 Å². The van der Waals surface area contributed by atoms with Crippen molar-refractivity contribution >= 4 is 23.5 Å². The van der Waals surface area contributed by atoms with Gasteiger partial charge in [-0.1, -0.05) is 41.6 Å². The van der Waals surface area contributed by atoms with Gasteiger partial charge in [-0.15, -0.1) is 10.2 Å². The first-order valence-corrected chi connectivity index (χ1v) is 10.1. The summed E-state index contributed by atoms with van der Waals surface area (Å²) in [5.74, 6) is 1.06. The largest absolute Gasteiger partial charge is 0.378 e. The summed E-state index contributed by atoms with van der Waals surface area (Å²) in [6, 6.07) is 8.23. The van der Waals surface area contributed by atoms with Gasteiger partial charge in [0.15, 0.2) is 10.9 Å². The maximum atomic E-state index is 12.8. The number of thioether (sulfide) groups is 1. The molecule has 0 N–H and O–H groups in total. The number of morpholine rings is 1. The molecule has 1 saturated heterocycles. The lowest BCUT2D eigenvalue weighted by Gasteiger charge is -2.28. The van der Waals surface area contributed by atoms with Crippen molar-refractivity contribution < 1.29 is 9.53 Å². The van der Waals surface area contributed by atoms with Gasteiger partial charge in [0.2, 0.25) is 5.95 Å². The fourth-order valence-electron chi connectivity index (χ4n) is 3.15. The highest BCUT2D eigenvalue weighted by Crippen LogP contribution is 2.41. The molecule has 1 saturated carbocycles. The number of hydrogen-bond donors (Lipinski definition) is 0. The number of Topliss-reactive ketones (excluding diaryl/α,β-unsaturated/α-hetero) is 1. The number of ether oxygens (including phenoxy) is 1. The van der Waals surface area contributed by atoms with E-state index in [1.54, 1.807) is 0 Å². The fourth-order valence-corrected chi connectivity index (χ4v) is 4.14. The summed E-state index contributed by atoms with van der Waals surface area (Å²) in [5, 5.41) is 9.52. The van der Waals surface area contributed by atoms with E-state index in [2.05, 4.69) is 19.7 Å². The number of hydrogen-bond acceptors (Lipinski definition) is 6. The third-order valence-corrected chi connectivity index (χ3v) is 5.90. The third-order valence-electron chi connectivity index (χ3n) is 4.84. The molecule has 1 aromatic carbocycles. The molecule has 2 fully saturated rings. The van der Waals surface area contributed by atoms with E-state index in [1.165, 1.54) is 11.8 Å². The van der Waals surface area contributed by atoms with E-state index in [4.69, 9.17) is 4.74 Å². The van der Waals surface area contributed by atoms with Crippen molar-refractivity contribution in [3.8, 4) is 0 Å². The van der Waals surface area contributed by atoms with Crippen LogP contribution in [0, 0.1) is 6.92 Å². The topological polar surface area (TPSA) is 60.3 Å². The SMILES string of the molecule is Cc1ccc(C(=O)C(C)Sc2nnc(N3CCOCC3)n2C2CC2)cc1. The Morgan fingerprint density at radius 2 is 1.88 bits per heavy atom. The number of carbonyl (C=O) groups excluding carboxylic acids is 1.